The van der Waals surface area contributed by atoms with E-state index in [0.29, 0.717) is 11.8 Å². The molecule has 2 rings (SSSR count). The van der Waals surface area contributed by atoms with Crippen LogP contribution in [-0.4, -0.2) is 6.34 Å². The molecule has 0 saturated carbocycles. The molecule has 0 aromatic heterocycles. The van der Waals surface area contributed by atoms with Crippen molar-refractivity contribution in [3.63, 3.8) is 0 Å². The van der Waals surface area contributed by atoms with Gasteiger partial charge in [-0.15, -0.1) is 0 Å². The summed E-state index contributed by atoms with van der Waals surface area (Å²) in [5.74, 6) is 0.959. The molecule has 0 amide bonds. The van der Waals surface area contributed by atoms with Gasteiger partial charge in [0.15, 0.2) is 0 Å². The Hall–Kier alpha value is -1.31. The highest BCUT2D eigenvalue weighted by atomic mass is 15.0. The van der Waals surface area contributed by atoms with Crippen LogP contribution in [0, 0.1) is 11.8 Å². The Labute approximate surface area is 85.1 Å². The zero-order chi connectivity index (χ0) is 10.1. The average Bonchev–Trinajstić information content (AvgIpc) is 2.26. The predicted octanol–water partition coefficient (Wildman–Crippen LogP) is 2.62. The molecule has 14 heavy (non-hydrogen) atoms. The van der Waals surface area contributed by atoms with Gasteiger partial charge in [-0.05, 0) is 23.6 Å². The first-order chi connectivity index (χ1) is 6.68. The number of nitrogens with one attached hydrogen (secondary N) is 1. The monoisotopic (exact) mass is 188 g/mol. The molecule has 0 aromatic rings. The topological polar surface area (TPSA) is 24.4 Å². The zero-order valence-corrected chi connectivity index (χ0v) is 8.91. The van der Waals surface area contributed by atoms with Gasteiger partial charge in [0, 0.05) is 11.6 Å². The van der Waals surface area contributed by atoms with Crippen LogP contribution in [0.25, 0.3) is 0 Å². The smallest absolute Gasteiger partial charge is 0.0924 e. The fourth-order valence-electron chi connectivity index (χ4n) is 1.70. The molecule has 1 atom stereocenters. The molecule has 2 heteroatoms. The maximum Gasteiger partial charge on any atom is 0.0924 e. The lowest BCUT2D eigenvalue weighted by Gasteiger charge is -2.20. The summed E-state index contributed by atoms with van der Waals surface area (Å²) < 4.78 is 0. The largest absolute Gasteiger partial charge is 0.349 e. The van der Waals surface area contributed by atoms with Gasteiger partial charge in [0.1, 0.15) is 0 Å². The van der Waals surface area contributed by atoms with Crippen molar-refractivity contribution < 1.29 is 0 Å². The van der Waals surface area contributed by atoms with Gasteiger partial charge in [0.2, 0.25) is 0 Å². The summed E-state index contributed by atoms with van der Waals surface area (Å²) in [5, 5.41) is 3.21. The number of allylic oxidation sites excluding steroid dienone is 4. The van der Waals surface area contributed by atoms with Gasteiger partial charge < -0.3 is 5.32 Å². The number of aliphatic imine (C=N–C) groups is 1. The maximum atomic E-state index is 4.32. The van der Waals surface area contributed by atoms with Crippen LogP contribution in [0.4, 0.5) is 0 Å². The van der Waals surface area contributed by atoms with Gasteiger partial charge >= 0.3 is 0 Å². The van der Waals surface area contributed by atoms with Crippen LogP contribution in [0.2, 0.25) is 0 Å². The van der Waals surface area contributed by atoms with Crippen LogP contribution in [0.15, 0.2) is 40.2 Å². The Morgan fingerprint density at radius 1 is 1.36 bits per heavy atom. The molecule has 1 unspecified atom stereocenters. The van der Waals surface area contributed by atoms with E-state index in [1.807, 2.05) is 0 Å². The minimum atomic E-state index is 0.396. The summed E-state index contributed by atoms with van der Waals surface area (Å²) in [6, 6.07) is 0. The molecule has 0 saturated heterocycles. The Kier molecular flexibility index (Phi) is 2.28. The molecule has 1 aliphatic heterocycles. The molecule has 2 aliphatic rings. The normalized spacial score (nSPS) is 24.9. The summed E-state index contributed by atoms with van der Waals surface area (Å²) in [6.45, 7) is 6.60. The van der Waals surface area contributed by atoms with Crippen LogP contribution < -0.4 is 5.32 Å². The minimum absolute atomic E-state index is 0.396. The lowest BCUT2D eigenvalue weighted by molar-refractivity contribution is 0.722. The Bertz CT molecular complexity index is 357. The van der Waals surface area contributed by atoms with E-state index >= 15 is 0 Å². The van der Waals surface area contributed by atoms with E-state index in [1.54, 1.807) is 6.34 Å². The molecular weight excluding hydrogens is 172 g/mol. The summed E-state index contributed by atoms with van der Waals surface area (Å²) in [4.78, 5) is 4.32. The molecule has 2 bridgehead atoms. The number of hydrogen-bond acceptors (Lipinski definition) is 2. The highest BCUT2D eigenvalue weighted by Crippen LogP contribution is 2.27. The lowest BCUT2D eigenvalue weighted by atomic mass is 9.99. The second-order valence-corrected chi connectivity index (χ2v) is 4.14. The van der Waals surface area contributed by atoms with Crippen molar-refractivity contribution in [3.05, 3.63) is 35.2 Å². The van der Waals surface area contributed by atoms with Crippen molar-refractivity contribution in [2.45, 2.75) is 20.8 Å². The Morgan fingerprint density at radius 2 is 2.14 bits per heavy atom. The van der Waals surface area contributed by atoms with Crippen LogP contribution in [-0.2, 0) is 0 Å². The van der Waals surface area contributed by atoms with Crippen LogP contribution in [0.1, 0.15) is 20.8 Å². The van der Waals surface area contributed by atoms with Crippen molar-refractivity contribution in [3.8, 4) is 0 Å². The minimum Gasteiger partial charge on any atom is -0.349 e. The van der Waals surface area contributed by atoms with Crippen LogP contribution in [0.3, 0.4) is 0 Å². The van der Waals surface area contributed by atoms with Crippen molar-refractivity contribution in [1.82, 2.24) is 5.32 Å². The molecule has 0 radical (unpaired) electrons. The second kappa shape index (κ2) is 3.45. The van der Waals surface area contributed by atoms with Gasteiger partial charge in [0.25, 0.3) is 0 Å². The van der Waals surface area contributed by atoms with Crippen LogP contribution in [0.5, 0.6) is 0 Å². The van der Waals surface area contributed by atoms with Crippen LogP contribution >= 0.6 is 0 Å². The molecular formula is C12H16N2. The van der Waals surface area contributed by atoms with Gasteiger partial charge in [0.05, 0.1) is 12.0 Å². The Balaban J connectivity index is 2.44. The van der Waals surface area contributed by atoms with E-state index in [1.165, 1.54) is 11.3 Å². The van der Waals surface area contributed by atoms with Crippen molar-refractivity contribution >= 4 is 6.34 Å². The quantitative estimate of drug-likeness (QED) is 0.672. The number of hydrogen-bond donors (Lipinski definition) is 1. The number of nitrogens with zero attached hydrogens (tertiary/aromatic N) is 1. The first kappa shape index (κ1) is 9.25. The van der Waals surface area contributed by atoms with E-state index in [-0.39, 0.29) is 0 Å². The summed E-state index contributed by atoms with van der Waals surface area (Å²) >= 11 is 0. The van der Waals surface area contributed by atoms with Gasteiger partial charge in [-0.2, -0.15) is 0 Å². The molecule has 1 heterocycles. The van der Waals surface area contributed by atoms with E-state index in [0.717, 1.165) is 5.70 Å². The first-order valence-electron chi connectivity index (χ1n) is 5.11. The third-order valence-electron chi connectivity index (χ3n) is 2.79. The number of fused-ring (bicyclic) bond motifs is 2. The average molecular weight is 188 g/mol. The molecule has 0 spiro atoms. The molecule has 74 valence electrons. The lowest BCUT2D eigenvalue weighted by Crippen LogP contribution is -2.22. The van der Waals surface area contributed by atoms with E-state index in [4.69, 9.17) is 0 Å². The highest BCUT2D eigenvalue weighted by Gasteiger charge is 2.19. The number of rotatable bonds is 1. The van der Waals surface area contributed by atoms with E-state index in [9.17, 15) is 0 Å². The molecule has 1 aliphatic carbocycles. The fraction of sp³-hybridized carbons (Fsp3) is 0.417. The molecule has 2 nitrogen and oxygen atoms in total. The summed E-state index contributed by atoms with van der Waals surface area (Å²) in [5.41, 5.74) is 3.76. The van der Waals surface area contributed by atoms with E-state index in [2.05, 4.69) is 49.3 Å². The maximum absolute atomic E-state index is 4.32. The summed E-state index contributed by atoms with van der Waals surface area (Å²) in [6.07, 6.45) is 8.31. The van der Waals surface area contributed by atoms with Crippen molar-refractivity contribution in [1.29, 1.82) is 0 Å². The third-order valence-corrected chi connectivity index (χ3v) is 2.79. The zero-order valence-electron chi connectivity index (χ0n) is 8.91. The van der Waals surface area contributed by atoms with E-state index < -0.39 is 0 Å². The van der Waals surface area contributed by atoms with Crippen molar-refractivity contribution in [2.75, 3.05) is 0 Å². The highest BCUT2D eigenvalue weighted by molar-refractivity contribution is 5.64. The standard InChI is InChI=1S/C12H16N2/c1-8(2)10-4-5-11-9(3)12(6-10)14-7-13-11/h4-9H,1-3H3,(H,13,14). The predicted molar refractivity (Wildman–Crippen MR) is 59.9 cm³/mol. The third kappa shape index (κ3) is 1.52. The van der Waals surface area contributed by atoms with Gasteiger partial charge in [-0.3, -0.25) is 0 Å². The van der Waals surface area contributed by atoms with Gasteiger partial charge in [-0.1, -0.05) is 26.8 Å². The van der Waals surface area contributed by atoms with Crippen molar-refractivity contribution in [2.24, 2.45) is 16.8 Å². The molecule has 0 fully saturated rings. The fourth-order valence-corrected chi connectivity index (χ4v) is 1.70. The Morgan fingerprint density at radius 3 is 2.86 bits per heavy atom. The molecule has 1 N–H and O–H groups in total. The summed E-state index contributed by atoms with van der Waals surface area (Å²) in [7, 11) is 0. The van der Waals surface area contributed by atoms with Gasteiger partial charge in [-0.25, -0.2) is 4.99 Å². The molecule has 0 aromatic carbocycles. The SMILES string of the molecule is CC(C)C1=CC=C2N=CNC(=C1)C2C. The first-order valence-corrected chi connectivity index (χ1v) is 5.11. The second-order valence-electron chi connectivity index (χ2n) is 4.14.